The second-order valence-corrected chi connectivity index (χ2v) is 6.99. The average Bonchev–Trinajstić information content (AvgIpc) is 2.82. The van der Waals surface area contributed by atoms with E-state index < -0.39 is 28.0 Å². The Hall–Kier alpha value is -2.18. The number of nitrogens with zero attached hydrogens (tertiary/aromatic N) is 1. The van der Waals surface area contributed by atoms with E-state index in [0.717, 1.165) is 4.31 Å². The van der Waals surface area contributed by atoms with Crippen molar-refractivity contribution in [2.24, 2.45) is 0 Å². The molecular formula is C16H15NO4S. The first-order valence-electron chi connectivity index (χ1n) is 6.81. The van der Waals surface area contributed by atoms with Gasteiger partial charge < -0.3 is 5.11 Å². The van der Waals surface area contributed by atoms with Gasteiger partial charge in [0.05, 0.1) is 10.6 Å². The van der Waals surface area contributed by atoms with Crippen molar-refractivity contribution in [2.45, 2.75) is 24.0 Å². The van der Waals surface area contributed by atoms with Crippen molar-refractivity contribution in [3.63, 3.8) is 0 Å². The monoisotopic (exact) mass is 317 g/mol. The molecule has 5 nitrogen and oxygen atoms in total. The van der Waals surface area contributed by atoms with Crippen molar-refractivity contribution in [1.82, 2.24) is 0 Å². The van der Waals surface area contributed by atoms with Gasteiger partial charge in [-0.05, 0) is 25.1 Å². The molecule has 0 saturated carbocycles. The first kappa shape index (κ1) is 14.7. The largest absolute Gasteiger partial charge is 0.386 e. The first-order valence-corrected chi connectivity index (χ1v) is 8.25. The SMILES string of the molecule is CC(=O)[C@H]1[C@H](O)c2ccccc2N1S(=O)(=O)c1ccccc1. The van der Waals surface area contributed by atoms with Gasteiger partial charge in [-0.15, -0.1) is 0 Å². The van der Waals surface area contributed by atoms with E-state index in [9.17, 15) is 18.3 Å². The highest BCUT2D eigenvalue weighted by Crippen LogP contribution is 2.42. The summed E-state index contributed by atoms with van der Waals surface area (Å²) in [4.78, 5) is 12.0. The molecule has 1 aliphatic rings. The van der Waals surface area contributed by atoms with E-state index in [1.807, 2.05) is 0 Å². The molecule has 0 amide bonds. The highest BCUT2D eigenvalue weighted by molar-refractivity contribution is 7.93. The molecule has 0 saturated heterocycles. The van der Waals surface area contributed by atoms with E-state index in [1.54, 1.807) is 42.5 Å². The summed E-state index contributed by atoms with van der Waals surface area (Å²) in [6, 6.07) is 13.4. The molecule has 0 radical (unpaired) electrons. The number of anilines is 1. The zero-order valence-electron chi connectivity index (χ0n) is 11.9. The highest BCUT2D eigenvalue weighted by Gasteiger charge is 2.46. The number of rotatable bonds is 3. The minimum Gasteiger partial charge on any atom is -0.386 e. The predicted octanol–water partition coefficient (Wildman–Crippen LogP) is 1.89. The summed E-state index contributed by atoms with van der Waals surface area (Å²) in [5.41, 5.74) is 0.793. The number of fused-ring (bicyclic) bond motifs is 1. The van der Waals surface area contributed by atoms with Crippen LogP contribution in [0.2, 0.25) is 0 Å². The number of aliphatic hydroxyl groups excluding tert-OH is 1. The summed E-state index contributed by atoms with van der Waals surface area (Å²) in [5, 5.41) is 10.4. The van der Waals surface area contributed by atoms with Gasteiger partial charge in [-0.2, -0.15) is 0 Å². The summed E-state index contributed by atoms with van der Waals surface area (Å²) in [6.45, 7) is 1.28. The van der Waals surface area contributed by atoms with Crippen LogP contribution in [0.5, 0.6) is 0 Å². The number of sulfonamides is 1. The number of aliphatic hydroxyl groups is 1. The van der Waals surface area contributed by atoms with Gasteiger partial charge in [0, 0.05) is 5.56 Å². The predicted molar refractivity (Wildman–Crippen MR) is 82.0 cm³/mol. The Balaban J connectivity index is 2.21. The van der Waals surface area contributed by atoms with Gasteiger partial charge in [0.25, 0.3) is 10.0 Å². The molecule has 3 rings (SSSR count). The van der Waals surface area contributed by atoms with E-state index in [1.165, 1.54) is 19.1 Å². The van der Waals surface area contributed by atoms with Crippen LogP contribution in [0, 0.1) is 0 Å². The summed E-state index contributed by atoms with van der Waals surface area (Å²) >= 11 is 0. The molecule has 0 spiro atoms. The van der Waals surface area contributed by atoms with Crippen LogP contribution in [-0.4, -0.2) is 25.3 Å². The van der Waals surface area contributed by atoms with E-state index in [4.69, 9.17) is 0 Å². The molecule has 22 heavy (non-hydrogen) atoms. The maximum atomic E-state index is 12.9. The van der Waals surface area contributed by atoms with Crippen LogP contribution in [0.15, 0.2) is 59.5 Å². The molecule has 0 aliphatic carbocycles. The van der Waals surface area contributed by atoms with Gasteiger partial charge in [0.1, 0.15) is 12.1 Å². The number of Topliss-reactive ketones (excluding diaryl/α,β-unsaturated/α-hetero) is 1. The number of hydrogen-bond acceptors (Lipinski definition) is 4. The minimum absolute atomic E-state index is 0.0881. The quantitative estimate of drug-likeness (QED) is 0.938. The third-order valence-corrected chi connectivity index (χ3v) is 5.57. The molecule has 0 unspecified atom stereocenters. The Bertz CT molecular complexity index is 817. The molecule has 2 atom stereocenters. The highest BCUT2D eigenvalue weighted by atomic mass is 32.2. The number of benzene rings is 2. The number of para-hydroxylation sites is 1. The van der Waals surface area contributed by atoms with Crippen LogP contribution in [-0.2, 0) is 14.8 Å². The third kappa shape index (κ3) is 2.12. The summed E-state index contributed by atoms with van der Waals surface area (Å²) in [6.07, 6.45) is -1.16. The lowest BCUT2D eigenvalue weighted by Crippen LogP contribution is -2.43. The Kier molecular flexibility index (Phi) is 3.50. The van der Waals surface area contributed by atoms with Gasteiger partial charge in [-0.1, -0.05) is 36.4 Å². The van der Waals surface area contributed by atoms with E-state index in [2.05, 4.69) is 0 Å². The van der Waals surface area contributed by atoms with Crippen LogP contribution in [0.4, 0.5) is 5.69 Å². The molecular weight excluding hydrogens is 302 g/mol. The second-order valence-electron chi connectivity index (χ2n) is 5.17. The Morgan fingerprint density at radius 2 is 1.64 bits per heavy atom. The molecule has 6 heteroatoms. The summed E-state index contributed by atoms with van der Waals surface area (Å²) in [5.74, 6) is -0.400. The first-order chi connectivity index (χ1) is 10.4. The van der Waals surface area contributed by atoms with Crippen molar-refractivity contribution >= 4 is 21.5 Å². The molecule has 0 aromatic heterocycles. The third-order valence-electron chi connectivity index (χ3n) is 3.76. The van der Waals surface area contributed by atoms with Gasteiger partial charge in [-0.25, -0.2) is 8.42 Å². The number of carbonyl (C=O) groups is 1. The van der Waals surface area contributed by atoms with Crippen molar-refractivity contribution in [3.05, 3.63) is 60.2 Å². The van der Waals surface area contributed by atoms with Gasteiger partial charge in [0.2, 0.25) is 0 Å². The summed E-state index contributed by atoms with van der Waals surface area (Å²) in [7, 11) is -3.93. The van der Waals surface area contributed by atoms with Crippen LogP contribution < -0.4 is 4.31 Å². The summed E-state index contributed by atoms with van der Waals surface area (Å²) < 4.78 is 26.9. The lowest BCUT2D eigenvalue weighted by atomic mass is 10.0. The fourth-order valence-corrected chi connectivity index (χ4v) is 4.48. The Labute approximate surface area is 128 Å². The lowest BCUT2D eigenvalue weighted by Gasteiger charge is -2.26. The van der Waals surface area contributed by atoms with Crippen LogP contribution in [0.1, 0.15) is 18.6 Å². The molecule has 2 aromatic rings. The molecule has 0 fully saturated rings. The van der Waals surface area contributed by atoms with E-state index >= 15 is 0 Å². The van der Waals surface area contributed by atoms with E-state index in [-0.39, 0.29) is 4.90 Å². The molecule has 0 bridgehead atoms. The number of ketones is 1. The molecule has 2 aromatic carbocycles. The molecule has 114 valence electrons. The molecule has 1 aliphatic heterocycles. The second kappa shape index (κ2) is 5.23. The standard InChI is InChI=1S/C16H15NO4S/c1-11(18)15-16(19)13-9-5-6-10-14(13)17(15)22(20,21)12-7-3-2-4-8-12/h2-10,15-16,19H,1H3/t15-,16+/m0/s1. The van der Waals surface area contributed by atoms with Crippen molar-refractivity contribution in [1.29, 1.82) is 0 Å². The van der Waals surface area contributed by atoms with Gasteiger partial charge in [0.15, 0.2) is 5.78 Å². The normalized spacial score (nSPS) is 20.7. The smallest absolute Gasteiger partial charge is 0.265 e. The maximum Gasteiger partial charge on any atom is 0.265 e. The van der Waals surface area contributed by atoms with Crippen LogP contribution in [0.3, 0.4) is 0 Å². The van der Waals surface area contributed by atoms with Crippen LogP contribution in [0.25, 0.3) is 0 Å². The fraction of sp³-hybridized carbons (Fsp3) is 0.188. The van der Waals surface area contributed by atoms with Gasteiger partial charge in [-0.3, -0.25) is 9.10 Å². The fourth-order valence-electron chi connectivity index (χ4n) is 2.76. The van der Waals surface area contributed by atoms with Crippen molar-refractivity contribution < 1.29 is 18.3 Å². The number of carbonyl (C=O) groups excluding carboxylic acids is 1. The molecule has 1 heterocycles. The van der Waals surface area contributed by atoms with Gasteiger partial charge >= 0.3 is 0 Å². The minimum atomic E-state index is -3.93. The molecule has 1 N–H and O–H groups in total. The van der Waals surface area contributed by atoms with Crippen molar-refractivity contribution in [2.75, 3.05) is 4.31 Å². The Morgan fingerprint density at radius 3 is 2.27 bits per heavy atom. The lowest BCUT2D eigenvalue weighted by molar-refractivity contribution is -0.120. The topological polar surface area (TPSA) is 74.7 Å². The average molecular weight is 317 g/mol. The van der Waals surface area contributed by atoms with Crippen LogP contribution >= 0.6 is 0 Å². The zero-order chi connectivity index (χ0) is 15.9. The maximum absolute atomic E-state index is 12.9. The Morgan fingerprint density at radius 1 is 1.05 bits per heavy atom. The zero-order valence-corrected chi connectivity index (χ0v) is 12.7. The number of hydrogen-bond donors (Lipinski definition) is 1. The van der Waals surface area contributed by atoms with E-state index in [0.29, 0.717) is 11.3 Å². The van der Waals surface area contributed by atoms with Crippen molar-refractivity contribution in [3.8, 4) is 0 Å².